The lowest BCUT2D eigenvalue weighted by atomic mass is 9.91. The van der Waals surface area contributed by atoms with Crippen LogP contribution in [-0.4, -0.2) is 44.0 Å². The number of fused-ring (bicyclic) bond motifs is 1. The summed E-state index contributed by atoms with van der Waals surface area (Å²) in [7, 11) is 0. The van der Waals surface area contributed by atoms with Crippen molar-refractivity contribution in [2.45, 2.75) is 25.4 Å². The number of rotatable bonds is 3. The number of carbonyl (C=O) groups excluding carboxylic acids is 1. The molecule has 3 heterocycles. The van der Waals surface area contributed by atoms with Gasteiger partial charge in [0.2, 0.25) is 5.91 Å². The number of likely N-dealkylation sites (tertiary alicyclic amines) is 1. The van der Waals surface area contributed by atoms with Gasteiger partial charge in [-0.25, -0.2) is 4.98 Å². The Labute approximate surface area is 111 Å². The Morgan fingerprint density at radius 1 is 1.47 bits per heavy atom. The lowest BCUT2D eigenvalue weighted by Crippen LogP contribution is -2.63. The van der Waals surface area contributed by atoms with E-state index in [1.54, 1.807) is 4.90 Å². The molecule has 5 nitrogen and oxygen atoms in total. The van der Waals surface area contributed by atoms with Crippen LogP contribution in [0, 0.1) is 0 Å². The normalized spacial score (nSPS) is 17.5. The fourth-order valence-electron chi connectivity index (χ4n) is 2.40. The molecule has 2 aromatic heterocycles. The van der Waals surface area contributed by atoms with Crippen molar-refractivity contribution in [1.82, 2.24) is 14.3 Å². The van der Waals surface area contributed by atoms with Crippen molar-refractivity contribution in [3.05, 3.63) is 36.3 Å². The van der Waals surface area contributed by atoms with Gasteiger partial charge in [0.1, 0.15) is 5.65 Å². The summed E-state index contributed by atoms with van der Waals surface area (Å²) in [5.41, 5.74) is 0.941. The van der Waals surface area contributed by atoms with Crippen LogP contribution in [-0.2, 0) is 11.2 Å². The molecule has 1 amide bonds. The highest BCUT2D eigenvalue weighted by Gasteiger charge is 2.41. The van der Waals surface area contributed by atoms with Crippen molar-refractivity contribution in [1.29, 1.82) is 0 Å². The van der Waals surface area contributed by atoms with Gasteiger partial charge in [0, 0.05) is 12.4 Å². The van der Waals surface area contributed by atoms with Crippen molar-refractivity contribution in [2.24, 2.45) is 0 Å². The van der Waals surface area contributed by atoms with Gasteiger partial charge in [-0.05, 0) is 18.6 Å². The molecule has 19 heavy (non-hydrogen) atoms. The molecule has 0 aliphatic carbocycles. The quantitative estimate of drug-likeness (QED) is 0.889. The maximum absolute atomic E-state index is 12.0. The van der Waals surface area contributed by atoms with E-state index in [-0.39, 0.29) is 5.91 Å². The lowest BCUT2D eigenvalue weighted by molar-refractivity contribution is -0.155. The number of hydrogen-bond donors (Lipinski definition) is 1. The summed E-state index contributed by atoms with van der Waals surface area (Å²) >= 11 is 0. The molecule has 3 rings (SSSR count). The molecule has 0 unspecified atom stereocenters. The van der Waals surface area contributed by atoms with Crippen molar-refractivity contribution in [2.75, 3.05) is 13.1 Å². The van der Waals surface area contributed by atoms with E-state index in [4.69, 9.17) is 0 Å². The van der Waals surface area contributed by atoms with E-state index in [0.717, 1.165) is 11.3 Å². The topological polar surface area (TPSA) is 57.8 Å². The zero-order valence-corrected chi connectivity index (χ0v) is 10.9. The number of β-amino-alcohol motifs (C(OH)–C–C–N with tert-alkyl or cyclic N) is 1. The molecule has 1 saturated heterocycles. The highest BCUT2D eigenvalue weighted by molar-refractivity contribution is 5.79. The minimum absolute atomic E-state index is 0.0292. The summed E-state index contributed by atoms with van der Waals surface area (Å²) in [5, 5.41) is 9.90. The maximum Gasteiger partial charge on any atom is 0.228 e. The number of nitrogens with zero attached hydrogens (tertiary/aromatic N) is 3. The van der Waals surface area contributed by atoms with Crippen LogP contribution in [0.3, 0.4) is 0 Å². The highest BCUT2D eigenvalue weighted by atomic mass is 16.3. The Kier molecular flexibility index (Phi) is 2.78. The summed E-state index contributed by atoms with van der Waals surface area (Å²) in [5.74, 6) is 0.0292. The minimum Gasteiger partial charge on any atom is -0.386 e. The van der Waals surface area contributed by atoms with Crippen molar-refractivity contribution in [3.63, 3.8) is 0 Å². The van der Waals surface area contributed by atoms with E-state index in [0.29, 0.717) is 25.9 Å². The van der Waals surface area contributed by atoms with Crippen LogP contribution in [0.5, 0.6) is 0 Å². The molecule has 0 bridgehead atoms. The number of amides is 1. The first-order valence-electron chi connectivity index (χ1n) is 6.52. The van der Waals surface area contributed by atoms with E-state index in [2.05, 4.69) is 4.98 Å². The molecular formula is C14H17N3O2. The zero-order valence-electron chi connectivity index (χ0n) is 10.9. The molecule has 2 aromatic rings. The summed E-state index contributed by atoms with van der Waals surface area (Å²) < 4.78 is 1.90. The molecule has 0 spiro atoms. The van der Waals surface area contributed by atoms with Gasteiger partial charge < -0.3 is 14.4 Å². The van der Waals surface area contributed by atoms with Crippen LogP contribution in [0.15, 0.2) is 30.6 Å². The van der Waals surface area contributed by atoms with Crippen LogP contribution in [0.2, 0.25) is 0 Å². The average Bonchev–Trinajstić information content (AvgIpc) is 2.76. The summed E-state index contributed by atoms with van der Waals surface area (Å²) in [6, 6.07) is 5.76. The number of imidazole rings is 1. The first-order valence-corrected chi connectivity index (χ1v) is 6.52. The van der Waals surface area contributed by atoms with E-state index in [9.17, 15) is 9.90 Å². The molecule has 1 N–H and O–H groups in total. The predicted octanol–water partition coefficient (Wildman–Crippen LogP) is 0.860. The summed E-state index contributed by atoms with van der Waals surface area (Å²) in [6.45, 7) is 2.81. The van der Waals surface area contributed by atoms with Crippen molar-refractivity contribution in [3.8, 4) is 0 Å². The Morgan fingerprint density at radius 2 is 2.26 bits per heavy atom. The van der Waals surface area contributed by atoms with Crippen molar-refractivity contribution < 1.29 is 9.90 Å². The van der Waals surface area contributed by atoms with Gasteiger partial charge in [-0.15, -0.1) is 0 Å². The molecule has 0 atom stereocenters. The van der Waals surface area contributed by atoms with Crippen LogP contribution in [0.25, 0.3) is 5.65 Å². The van der Waals surface area contributed by atoms with Gasteiger partial charge in [0.15, 0.2) is 0 Å². The zero-order chi connectivity index (χ0) is 13.5. The van der Waals surface area contributed by atoms with Gasteiger partial charge >= 0.3 is 0 Å². The third-order valence-electron chi connectivity index (χ3n) is 3.73. The fourth-order valence-corrected chi connectivity index (χ4v) is 2.40. The fraction of sp³-hybridized carbons (Fsp3) is 0.429. The molecule has 5 heteroatoms. The van der Waals surface area contributed by atoms with Crippen molar-refractivity contribution >= 4 is 11.6 Å². The third kappa shape index (κ3) is 2.21. The lowest BCUT2D eigenvalue weighted by Gasteiger charge is -2.46. The SMILES string of the molecule is CCC1(O)CN(C(=O)Cc2cn3ccccc3n2)C1. The number of carbonyl (C=O) groups is 1. The summed E-state index contributed by atoms with van der Waals surface area (Å²) in [4.78, 5) is 18.1. The Bertz CT molecular complexity index is 581. The molecule has 1 aliphatic rings. The van der Waals surface area contributed by atoms with E-state index < -0.39 is 5.60 Å². The monoisotopic (exact) mass is 259 g/mol. The second-order valence-corrected chi connectivity index (χ2v) is 5.20. The van der Waals surface area contributed by atoms with Gasteiger partial charge in [0.25, 0.3) is 0 Å². The molecule has 1 fully saturated rings. The highest BCUT2D eigenvalue weighted by Crippen LogP contribution is 2.24. The van der Waals surface area contributed by atoms with E-state index in [1.807, 2.05) is 41.9 Å². The van der Waals surface area contributed by atoms with Gasteiger partial charge in [-0.2, -0.15) is 0 Å². The Hall–Kier alpha value is -1.88. The number of pyridine rings is 1. The largest absolute Gasteiger partial charge is 0.386 e. The van der Waals surface area contributed by atoms with Gasteiger partial charge in [0.05, 0.1) is 30.8 Å². The molecular weight excluding hydrogens is 242 g/mol. The average molecular weight is 259 g/mol. The minimum atomic E-state index is -0.672. The van der Waals surface area contributed by atoms with E-state index in [1.165, 1.54) is 0 Å². The summed E-state index contributed by atoms with van der Waals surface area (Å²) in [6.07, 6.45) is 4.77. The number of hydrogen-bond acceptors (Lipinski definition) is 3. The second kappa shape index (κ2) is 4.35. The number of aliphatic hydroxyl groups is 1. The van der Waals surface area contributed by atoms with Crippen LogP contribution >= 0.6 is 0 Å². The van der Waals surface area contributed by atoms with Gasteiger partial charge in [-0.1, -0.05) is 13.0 Å². The van der Waals surface area contributed by atoms with Crippen LogP contribution in [0.1, 0.15) is 19.0 Å². The molecule has 0 saturated carbocycles. The maximum atomic E-state index is 12.0. The van der Waals surface area contributed by atoms with E-state index >= 15 is 0 Å². The first kappa shape index (κ1) is 12.2. The molecule has 0 aromatic carbocycles. The van der Waals surface area contributed by atoms with Gasteiger partial charge in [-0.3, -0.25) is 4.79 Å². The molecule has 0 radical (unpaired) electrons. The Balaban J connectivity index is 1.67. The second-order valence-electron chi connectivity index (χ2n) is 5.20. The molecule has 1 aliphatic heterocycles. The Morgan fingerprint density at radius 3 is 2.95 bits per heavy atom. The third-order valence-corrected chi connectivity index (χ3v) is 3.73. The smallest absolute Gasteiger partial charge is 0.228 e. The first-order chi connectivity index (χ1) is 9.09. The number of aromatic nitrogens is 2. The van der Waals surface area contributed by atoms with Crippen LogP contribution < -0.4 is 0 Å². The van der Waals surface area contributed by atoms with Crippen LogP contribution in [0.4, 0.5) is 0 Å². The standard InChI is InChI=1S/C14H17N3O2/c1-2-14(19)9-17(10-14)13(18)7-11-8-16-6-4-3-5-12(16)15-11/h3-6,8,19H,2,7,9-10H2,1H3. The molecule has 100 valence electrons. The predicted molar refractivity (Wildman–Crippen MR) is 70.7 cm³/mol.